The molecule has 25 heavy (non-hydrogen) atoms. The number of anilines is 1. The number of hydrogen-bond acceptors (Lipinski definition) is 6. The Morgan fingerprint density at radius 1 is 1.36 bits per heavy atom. The predicted octanol–water partition coefficient (Wildman–Crippen LogP) is 1.14. The highest BCUT2D eigenvalue weighted by molar-refractivity contribution is 5.85. The molecule has 3 aromatic rings. The molecule has 1 aliphatic heterocycles. The summed E-state index contributed by atoms with van der Waals surface area (Å²) in [6.45, 7) is 1.77. The van der Waals surface area contributed by atoms with Crippen molar-refractivity contribution in [3.8, 4) is 0 Å². The Labute approximate surface area is 144 Å². The van der Waals surface area contributed by atoms with Gasteiger partial charge < -0.3 is 9.47 Å². The van der Waals surface area contributed by atoms with Crippen molar-refractivity contribution in [2.45, 2.75) is 25.2 Å². The molecular formula is C16H21FN8. The van der Waals surface area contributed by atoms with Gasteiger partial charge in [0.1, 0.15) is 24.1 Å². The molecule has 9 heteroatoms. The number of aromatic nitrogens is 6. The monoisotopic (exact) mass is 344 g/mol. The second-order valence-corrected chi connectivity index (χ2v) is 6.58. The molecule has 2 atom stereocenters. The molecule has 1 fully saturated rings. The van der Waals surface area contributed by atoms with Gasteiger partial charge in [0.05, 0.1) is 18.1 Å². The molecule has 0 aliphatic carbocycles. The second kappa shape index (κ2) is 6.40. The standard InChI is InChI=1S/C16H21FN8/c1-23-4-3-18-14(23)9-25-7-11(17)5-12(25)8-24(2)16-13-6-21-22-15(13)19-10-20-16/h3-4,6,10-12H,5,7-9H2,1-2H3,(H,19,20,21,22)/t11-,12-/m0/s1. The average molecular weight is 344 g/mol. The van der Waals surface area contributed by atoms with Crippen molar-refractivity contribution in [2.75, 3.05) is 25.0 Å². The van der Waals surface area contributed by atoms with E-state index in [0.717, 1.165) is 17.0 Å². The molecule has 0 bridgehead atoms. The van der Waals surface area contributed by atoms with E-state index < -0.39 is 6.17 Å². The van der Waals surface area contributed by atoms with Crippen LogP contribution in [0.5, 0.6) is 0 Å². The Morgan fingerprint density at radius 2 is 2.24 bits per heavy atom. The number of imidazole rings is 1. The predicted molar refractivity (Wildman–Crippen MR) is 91.9 cm³/mol. The lowest BCUT2D eigenvalue weighted by atomic mass is 10.2. The van der Waals surface area contributed by atoms with Crippen LogP contribution in [0, 0.1) is 0 Å². The lowest BCUT2D eigenvalue weighted by Gasteiger charge is -2.28. The summed E-state index contributed by atoms with van der Waals surface area (Å²) in [6, 6.07) is 0.105. The normalized spacial score (nSPS) is 21.2. The minimum atomic E-state index is -0.807. The van der Waals surface area contributed by atoms with E-state index in [4.69, 9.17) is 0 Å². The van der Waals surface area contributed by atoms with Gasteiger partial charge in [-0.25, -0.2) is 19.3 Å². The lowest BCUT2D eigenvalue weighted by Crippen LogP contribution is -2.39. The van der Waals surface area contributed by atoms with Gasteiger partial charge in [0.25, 0.3) is 0 Å². The molecule has 4 heterocycles. The van der Waals surface area contributed by atoms with Gasteiger partial charge in [-0.3, -0.25) is 10.00 Å². The van der Waals surface area contributed by atoms with E-state index in [1.54, 1.807) is 12.4 Å². The van der Waals surface area contributed by atoms with Gasteiger partial charge in [0.2, 0.25) is 0 Å². The molecule has 0 aromatic carbocycles. The van der Waals surface area contributed by atoms with Gasteiger partial charge >= 0.3 is 0 Å². The summed E-state index contributed by atoms with van der Waals surface area (Å²) in [7, 11) is 3.93. The summed E-state index contributed by atoms with van der Waals surface area (Å²) < 4.78 is 16.1. The van der Waals surface area contributed by atoms with Crippen LogP contribution in [0.25, 0.3) is 11.0 Å². The van der Waals surface area contributed by atoms with Crippen LogP contribution in [0.1, 0.15) is 12.2 Å². The molecule has 0 amide bonds. The number of aryl methyl sites for hydroxylation is 1. The molecule has 0 spiro atoms. The number of rotatable bonds is 5. The maximum absolute atomic E-state index is 14.1. The zero-order chi connectivity index (χ0) is 17.4. The second-order valence-electron chi connectivity index (χ2n) is 6.58. The molecule has 8 nitrogen and oxygen atoms in total. The number of nitrogens with zero attached hydrogens (tertiary/aromatic N) is 7. The Morgan fingerprint density at radius 3 is 3.04 bits per heavy atom. The lowest BCUT2D eigenvalue weighted by molar-refractivity contribution is 0.229. The van der Waals surface area contributed by atoms with Crippen LogP contribution in [-0.2, 0) is 13.6 Å². The average Bonchev–Trinajstić information content (AvgIpc) is 3.29. The van der Waals surface area contributed by atoms with Gasteiger partial charge in [-0.1, -0.05) is 0 Å². The quantitative estimate of drug-likeness (QED) is 0.748. The molecule has 1 saturated heterocycles. The highest BCUT2D eigenvalue weighted by Gasteiger charge is 2.33. The van der Waals surface area contributed by atoms with Crippen LogP contribution < -0.4 is 4.90 Å². The van der Waals surface area contributed by atoms with Gasteiger partial charge in [-0.15, -0.1) is 0 Å². The minimum absolute atomic E-state index is 0.105. The Kier molecular flexibility index (Phi) is 4.08. The topological polar surface area (TPSA) is 78.8 Å². The zero-order valence-corrected chi connectivity index (χ0v) is 14.3. The molecule has 0 radical (unpaired) electrons. The third kappa shape index (κ3) is 3.07. The number of likely N-dealkylation sites (N-methyl/N-ethyl adjacent to an activating group) is 1. The highest BCUT2D eigenvalue weighted by Crippen LogP contribution is 2.26. The van der Waals surface area contributed by atoms with Gasteiger partial charge in [0, 0.05) is 45.6 Å². The van der Waals surface area contributed by atoms with Crippen LogP contribution in [0.15, 0.2) is 24.9 Å². The summed E-state index contributed by atoms with van der Waals surface area (Å²) in [6.07, 6.45) is 6.64. The summed E-state index contributed by atoms with van der Waals surface area (Å²) in [4.78, 5) is 17.1. The SMILES string of the molecule is CN(C[C@@H]1C[C@H](F)CN1Cc1nccn1C)c1ncnc2[nH]ncc12. The fourth-order valence-electron chi connectivity index (χ4n) is 3.50. The number of likely N-dealkylation sites (tertiary alicyclic amines) is 1. The molecular weight excluding hydrogens is 323 g/mol. The maximum Gasteiger partial charge on any atom is 0.160 e. The van der Waals surface area contributed by atoms with Crippen molar-refractivity contribution >= 4 is 16.9 Å². The van der Waals surface area contributed by atoms with Crippen LogP contribution >= 0.6 is 0 Å². The van der Waals surface area contributed by atoms with Crippen LogP contribution in [0.2, 0.25) is 0 Å². The van der Waals surface area contributed by atoms with E-state index in [0.29, 0.717) is 31.7 Å². The van der Waals surface area contributed by atoms with E-state index in [9.17, 15) is 4.39 Å². The van der Waals surface area contributed by atoms with Crippen LogP contribution in [-0.4, -0.2) is 67.0 Å². The zero-order valence-electron chi connectivity index (χ0n) is 14.3. The van der Waals surface area contributed by atoms with Gasteiger partial charge in [0.15, 0.2) is 5.65 Å². The van der Waals surface area contributed by atoms with Crippen molar-refractivity contribution in [2.24, 2.45) is 7.05 Å². The van der Waals surface area contributed by atoms with Crippen LogP contribution in [0.4, 0.5) is 10.2 Å². The highest BCUT2D eigenvalue weighted by atomic mass is 19.1. The molecule has 4 rings (SSSR count). The Hall–Kier alpha value is -2.55. The summed E-state index contributed by atoms with van der Waals surface area (Å²) in [5.41, 5.74) is 0.705. The van der Waals surface area contributed by atoms with Crippen molar-refractivity contribution in [3.63, 3.8) is 0 Å². The molecule has 1 aliphatic rings. The largest absolute Gasteiger partial charge is 0.357 e. The van der Waals surface area contributed by atoms with Crippen molar-refractivity contribution < 1.29 is 4.39 Å². The number of halogens is 1. The summed E-state index contributed by atoms with van der Waals surface area (Å²) in [5, 5.41) is 7.75. The van der Waals surface area contributed by atoms with Crippen molar-refractivity contribution in [3.05, 3.63) is 30.7 Å². The molecule has 1 N–H and O–H groups in total. The first-order chi connectivity index (χ1) is 12.1. The number of hydrogen-bond donors (Lipinski definition) is 1. The van der Waals surface area contributed by atoms with Crippen LogP contribution in [0.3, 0.4) is 0 Å². The summed E-state index contributed by atoms with van der Waals surface area (Å²) >= 11 is 0. The first kappa shape index (κ1) is 15.9. The van der Waals surface area contributed by atoms with Gasteiger partial charge in [-0.05, 0) is 6.42 Å². The van der Waals surface area contributed by atoms with Gasteiger partial charge in [-0.2, -0.15) is 5.10 Å². The number of nitrogens with one attached hydrogen (secondary N) is 1. The van der Waals surface area contributed by atoms with E-state index in [-0.39, 0.29) is 6.04 Å². The van der Waals surface area contributed by atoms with Crippen molar-refractivity contribution in [1.82, 2.24) is 34.6 Å². The number of aromatic amines is 1. The molecule has 0 unspecified atom stereocenters. The number of H-pyrrole nitrogens is 1. The third-order valence-electron chi connectivity index (χ3n) is 4.82. The fraction of sp³-hybridized carbons (Fsp3) is 0.500. The number of alkyl halides is 1. The first-order valence-corrected chi connectivity index (χ1v) is 8.31. The summed E-state index contributed by atoms with van der Waals surface area (Å²) in [5.74, 6) is 1.75. The fourth-order valence-corrected chi connectivity index (χ4v) is 3.50. The Balaban J connectivity index is 1.52. The minimum Gasteiger partial charge on any atom is -0.357 e. The van der Waals surface area contributed by atoms with E-state index in [1.165, 1.54) is 6.33 Å². The van der Waals surface area contributed by atoms with E-state index >= 15 is 0 Å². The third-order valence-corrected chi connectivity index (χ3v) is 4.82. The molecule has 3 aromatic heterocycles. The van der Waals surface area contributed by atoms with Crippen molar-refractivity contribution in [1.29, 1.82) is 0 Å². The first-order valence-electron chi connectivity index (χ1n) is 8.31. The maximum atomic E-state index is 14.1. The molecule has 132 valence electrons. The van der Waals surface area contributed by atoms with E-state index in [1.807, 2.05) is 29.8 Å². The Bertz CT molecular complexity index is 859. The smallest absolute Gasteiger partial charge is 0.160 e. The number of fused-ring (bicyclic) bond motifs is 1. The van der Waals surface area contributed by atoms with E-state index in [2.05, 4.69) is 30.0 Å². The molecule has 0 saturated carbocycles.